The predicted molar refractivity (Wildman–Crippen MR) is 93.0 cm³/mol. The number of nitrogens with zero attached hydrogens (tertiary/aromatic N) is 1. The van der Waals surface area contributed by atoms with Crippen LogP contribution < -0.4 is 15.0 Å². The van der Waals surface area contributed by atoms with Crippen LogP contribution in [0.3, 0.4) is 0 Å². The van der Waals surface area contributed by atoms with Crippen LogP contribution in [-0.2, 0) is 9.59 Å². The quantitative estimate of drug-likeness (QED) is 0.827. The Hall–Kier alpha value is -2.86. The standard InChI is InChI=1S/C18H14ClFN2O3/c1-2-25-14-10-6-5-9-13(14)22-17(23)15(19)16(18(22)24)21-12-8-4-3-7-11(12)20/h3-10,21H,2H2,1H3. The zero-order valence-corrected chi connectivity index (χ0v) is 14.0. The minimum absolute atomic E-state index is 0.0525. The lowest BCUT2D eigenvalue weighted by Crippen LogP contribution is -2.32. The van der Waals surface area contributed by atoms with Gasteiger partial charge in [-0.15, -0.1) is 0 Å². The van der Waals surface area contributed by atoms with Crippen LogP contribution in [0.25, 0.3) is 0 Å². The highest BCUT2D eigenvalue weighted by Crippen LogP contribution is 2.35. The molecule has 1 aliphatic heterocycles. The predicted octanol–water partition coefficient (Wildman–Crippen LogP) is 3.66. The summed E-state index contributed by atoms with van der Waals surface area (Å²) < 4.78 is 19.3. The van der Waals surface area contributed by atoms with E-state index in [0.717, 1.165) is 4.90 Å². The van der Waals surface area contributed by atoms with Gasteiger partial charge in [0, 0.05) is 0 Å². The molecule has 7 heteroatoms. The molecule has 0 atom stereocenters. The molecule has 2 aromatic rings. The summed E-state index contributed by atoms with van der Waals surface area (Å²) in [4.78, 5) is 26.1. The summed E-state index contributed by atoms with van der Waals surface area (Å²) in [5.74, 6) is -1.56. The molecule has 0 aliphatic carbocycles. The summed E-state index contributed by atoms with van der Waals surface area (Å²) in [6.07, 6.45) is 0. The number of carbonyl (C=O) groups is 2. The third kappa shape index (κ3) is 3.08. The number of amides is 2. The summed E-state index contributed by atoms with van der Waals surface area (Å²) in [5.41, 5.74) is 0.155. The summed E-state index contributed by atoms with van der Waals surface area (Å²) in [7, 11) is 0. The van der Waals surface area contributed by atoms with Crippen molar-refractivity contribution in [3.63, 3.8) is 0 Å². The fourth-order valence-electron chi connectivity index (χ4n) is 2.45. The number of hydrogen-bond donors (Lipinski definition) is 1. The van der Waals surface area contributed by atoms with E-state index < -0.39 is 17.6 Å². The van der Waals surface area contributed by atoms with Gasteiger partial charge in [0.2, 0.25) is 0 Å². The number of ether oxygens (including phenoxy) is 1. The highest BCUT2D eigenvalue weighted by atomic mass is 35.5. The number of hydrogen-bond acceptors (Lipinski definition) is 4. The molecule has 2 aromatic carbocycles. The molecule has 0 bridgehead atoms. The average molecular weight is 361 g/mol. The molecule has 128 valence electrons. The molecule has 25 heavy (non-hydrogen) atoms. The van der Waals surface area contributed by atoms with E-state index in [1.807, 2.05) is 0 Å². The van der Waals surface area contributed by atoms with E-state index in [4.69, 9.17) is 16.3 Å². The van der Waals surface area contributed by atoms with Crippen LogP contribution in [-0.4, -0.2) is 18.4 Å². The van der Waals surface area contributed by atoms with Crippen molar-refractivity contribution in [2.24, 2.45) is 0 Å². The third-order valence-corrected chi connectivity index (χ3v) is 3.92. The Morgan fingerprint density at radius 3 is 2.48 bits per heavy atom. The van der Waals surface area contributed by atoms with Gasteiger partial charge >= 0.3 is 0 Å². The first-order valence-electron chi connectivity index (χ1n) is 7.56. The van der Waals surface area contributed by atoms with Crippen LogP contribution in [0.4, 0.5) is 15.8 Å². The molecule has 0 fully saturated rings. The first-order chi connectivity index (χ1) is 12.0. The van der Waals surface area contributed by atoms with Gasteiger partial charge in [-0.05, 0) is 31.2 Å². The van der Waals surface area contributed by atoms with Gasteiger partial charge < -0.3 is 10.1 Å². The fourth-order valence-corrected chi connectivity index (χ4v) is 2.66. The van der Waals surface area contributed by atoms with Gasteiger partial charge in [-0.2, -0.15) is 0 Å². The molecule has 0 saturated carbocycles. The van der Waals surface area contributed by atoms with Crippen molar-refractivity contribution in [2.45, 2.75) is 6.92 Å². The van der Waals surface area contributed by atoms with Gasteiger partial charge in [-0.25, -0.2) is 9.29 Å². The molecule has 1 heterocycles. The van der Waals surface area contributed by atoms with Gasteiger partial charge in [0.25, 0.3) is 11.8 Å². The van der Waals surface area contributed by atoms with Crippen molar-refractivity contribution in [3.05, 3.63) is 65.1 Å². The number of benzene rings is 2. The largest absolute Gasteiger partial charge is 0.492 e. The van der Waals surface area contributed by atoms with E-state index in [2.05, 4.69) is 5.32 Å². The zero-order chi connectivity index (χ0) is 18.0. The maximum Gasteiger partial charge on any atom is 0.283 e. The lowest BCUT2D eigenvalue weighted by atomic mass is 10.2. The van der Waals surface area contributed by atoms with Gasteiger partial charge in [0.15, 0.2) is 0 Å². The van der Waals surface area contributed by atoms with Crippen LogP contribution in [0, 0.1) is 5.82 Å². The third-order valence-electron chi connectivity index (χ3n) is 3.57. The van der Waals surface area contributed by atoms with Gasteiger partial charge in [0.1, 0.15) is 22.3 Å². The van der Waals surface area contributed by atoms with E-state index in [1.165, 1.54) is 18.2 Å². The molecule has 5 nitrogen and oxygen atoms in total. The van der Waals surface area contributed by atoms with Crippen molar-refractivity contribution in [3.8, 4) is 5.75 Å². The number of nitrogens with one attached hydrogen (secondary N) is 1. The first kappa shape index (κ1) is 17.0. The second-order valence-electron chi connectivity index (χ2n) is 5.14. The van der Waals surface area contributed by atoms with Gasteiger partial charge in [0.05, 0.1) is 18.0 Å². The number of rotatable bonds is 5. The number of imide groups is 1. The Balaban J connectivity index is 1.96. The summed E-state index contributed by atoms with van der Waals surface area (Å²) in [6.45, 7) is 2.16. The van der Waals surface area contributed by atoms with Crippen molar-refractivity contribution in [1.82, 2.24) is 0 Å². The van der Waals surface area contributed by atoms with E-state index in [1.54, 1.807) is 37.3 Å². The molecule has 0 aromatic heterocycles. The van der Waals surface area contributed by atoms with Crippen LogP contribution in [0.1, 0.15) is 6.92 Å². The molecule has 0 saturated heterocycles. The monoisotopic (exact) mass is 360 g/mol. The maximum atomic E-state index is 13.8. The minimum atomic E-state index is -0.697. The molecule has 2 amide bonds. The second-order valence-corrected chi connectivity index (χ2v) is 5.52. The number of para-hydroxylation sites is 3. The number of halogens is 2. The Bertz CT molecular complexity index is 882. The number of carbonyl (C=O) groups excluding carboxylic acids is 2. The Morgan fingerprint density at radius 2 is 1.76 bits per heavy atom. The molecule has 0 unspecified atom stereocenters. The van der Waals surface area contributed by atoms with Crippen molar-refractivity contribution in [1.29, 1.82) is 0 Å². The van der Waals surface area contributed by atoms with Gasteiger partial charge in [-0.3, -0.25) is 9.59 Å². The molecular weight excluding hydrogens is 347 g/mol. The Morgan fingerprint density at radius 1 is 1.08 bits per heavy atom. The molecule has 1 aliphatic rings. The highest BCUT2D eigenvalue weighted by Gasteiger charge is 2.40. The molecule has 3 rings (SSSR count). The van der Waals surface area contributed by atoms with E-state index >= 15 is 0 Å². The minimum Gasteiger partial charge on any atom is -0.492 e. The topological polar surface area (TPSA) is 58.6 Å². The van der Waals surface area contributed by atoms with E-state index in [-0.39, 0.29) is 22.1 Å². The van der Waals surface area contributed by atoms with Crippen LogP contribution in [0.2, 0.25) is 0 Å². The van der Waals surface area contributed by atoms with Crippen molar-refractivity contribution >= 4 is 34.8 Å². The van der Waals surface area contributed by atoms with Crippen LogP contribution in [0.5, 0.6) is 5.75 Å². The first-order valence-corrected chi connectivity index (χ1v) is 7.94. The van der Waals surface area contributed by atoms with Crippen LogP contribution in [0.15, 0.2) is 59.3 Å². The molecule has 1 N–H and O–H groups in total. The maximum absolute atomic E-state index is 13.8. The fraction of sp³-hybridized carbons (Fsp3) is 0.111. The van der Waals surface area contributed by atoms with Crippen molar-refractivity contribution < 1.29 is 18.7 Å². The van der Waals surface area contributed by atoms with E-state index in [0.29, 0.717) is 12.4 Å². The van der Waals surface area contributed by atoms with Crippen molar-refractivity contribution in [2.75, 3.05) is 16.8 Å². The Labute approximate surface area is 148 Å². The van der Waals surface area contributed by atoms with Gasteiger partial charge in [-0.1, -0.05) is 35.9 Å². The Kier molecular flexibility index (Phi) is 4.72. The zero-order valence-electron chi connectivity index (χ0n) is 13.3. The lowest BCUT2D eigenvalue weighted by Gasteiger charge is -2.18. The summed E-state index contributed by atoms with van der Waals surface area (Å²) in [5, 5.41) is 2.30. The molecule has 0 spiro atoms. The normalized spacial score (nSPS) is 14.3. The number of anilines is 2. The van der Waals surface area contributed by atoms with E-state index in [9.17, 15) is 14.0 Å². The molecular formula is C18H14ClFN2O3. The second kappa shape index (κ2) is 6.94. The highest BCUT2D eigenvalue weighted by molar-refractivity contribution is 6.53. The van der Waals surface area contributed by atoms with Crippen LogP contribution >= 0.6 is 11.6 Å². The smallest absolute Gasteiger partial charge is 0.283 e. The molecule has 0 radical (unpaired) electrons. The SMILES string of the molecule is CCOc1ccccc1N1C(=O)C(Cl)=C(Nc2ccccc2F)C1=O. The summed E-state index contributed by atoms with van der Waals surface area (Å²) in [6, 6.07) is 12.4. The average Bonchev–Trinajstić information content (AvgIpc) is 2.81. The lowest BCUT2D eigenvalue weighted by molar-refractivity contribution is -0.120. The summed E-state index contributed by atoms with van der Waals surface area (Å²) >= 11 is 6.04.